The van der Waals surface area contributed by atoms with E-state index in [-0.39, 0.29) is 22.0 Å². The van der Waals surface area contributed by atoms with Gasteiger partial charge in [0.05, 0.1) is 15.5 Å². The first-order chi connectivity index (χ1) is 9.88. The number of aromatic carboxylic acids is 1. The molecule has 2 aromatic rings. The zero-order chi connectivity index (χ0) is 15.6. The fourth-order valence-corrected chi connectivity index (χ4v) is 1.77. The smallest absolute Gasteiger partial charge is 0.335 e. The van der Waals surface area contributed by atoms with Gasteiger partial charge in [0.2, 0.25) is 0 Å². The van der Waals surface area contributed by atoms with Gasteiger partial charge < -0.3 is 10.4 Å². The Bertz CT molecular complexity index is 736. The number of benzene rings is 2. The molecule has 2 N–H and O–H groups in total. The highest BCUT2D eigenvalue weighted by Gasteiger charge is 2.17. The number of hydrogen-bond acceptors (Lipinski definition) is 4. The van der Waals surface area contributed by atoms with Crippen LogP contribution in [0.1, 0.15) is 10.4 Å². The highest BCUT2D eigenvalue weighted by atomic mass is 35.5. The summed E-state index contributed by atoms with van der Waals surface area (Å²) in [7, 11) is 0. The molecule has 0 aromatic heterocycles. The van der Waals surface area contributed by atoms with E-state index >= 15 is 0 Å². The number of rotatable bonds is 4. The van der Waals surface area contributed by atoms with Crippen LogP contribution in [-0.2, 0) is 0 Å². The lowest BCUT2D eigenvalue weighted by Gasteiger charge is -2.08. The number of nitro benzene ring substituents is 1. The normalized spacial score (nSPS) is 10.2. The minimum Gasteiger partial charge on any atom is -0.478 e. The number of nitro groups is 1. The van der Waals surface area contributed by atoms with Gasteiger partial charge in [-0.25, -0.2) is 9.18 Å². The lowest BCUT2D eigenvalue weighted by Crippen LogP contribution is -2.02. The SMILES string of the molecule is O=C(O)c1ccc(Nc2ccc(Cl)c(F)c2)c([N+](=O)[O-])c1. The van der Waals surface area contributed by atoms with Gasteiger partial charge in [0.15, 0.2) is 0 Å². The highest BCUT2D eigenvalue weighted by Crippen LogP contribution is 2.29. The molecule has 8 heteroatoms. The molecule has 21 heavy (non-hydrogen) atoms. The number of hydrogen-bond donors (Lipinski definition) is 2. The number of anilines is 2. The van der Waals surface area contributed by atoms with Crippen LogP contribution < -0.4 is 5.32 Å². The van der Waals surface area contributed by atoms with Crippen molar-refractivity contribution in [2.75, 3.05) is 5.32 Å². The van der Waals surface area contributed by atoms with Crippen LogP contribution >= 0.6 is 11.6 Å². The van der Waals surface area contributed by atoms with Crippen molar-refractivity contribution in [1.29, 1.82) is 0 Å². The van der Waals surface area contributed by atoms with Gasteiger partial charge in [-0.2, -0.15) is 0 Å². The zero-order valence-corrected chi connectivity index (χ0v) is 11.1. The van der Waals surface area contributed by atoms with E-state index in [0.29, 0.717) is 0 Å². The fourth-order valence-electron chi connectivity index (χ4n) is 1.65. The molecule has 0 unspecified atom stereocenters. The second-order valence-corrected chi connectivity index (χ2v) is 4.46. The van der Waals surface area contributed by atoms with E-state index in [1.165, 1.54) is 24.3 Å². The van der Waals surface area contributed by atoms with Crippen LogP contribution in [-0.4, -0.2) is 16.0 Å². The molecule has 0 heterocycles. The van der Waals surface area contributed by atoms with Crippen LogP contribution in [0.3, 0.4) is 0 Å². The Labute approximate surface area is 122 Å². The van der Waals surface area contributed by atoms with Crippen LogP contribution in [0.4, 0.5) is 21.5 Å². The van der Waals surface area contributed by atoms with Crippen molar-refractivity contribution in [3.05, 3.63) is 62.9 Å². The van der Waals surface area contributed by atoms with Crippen LogP contribution in [0.25, 0.3) is 0 Å². The molecular weight excluding hydrogens is 303 g/mol. The second-order valence-electron chi connectivity index (χ2n) is 4.05. The van der Waals surface area contributed by atoms with Gasteiger partial charge in [-0.1, -0.05) is 11.6 Å². The van der Waals surface area contributed by atoms with E-state index in [2.05, 4.69) is 5.32 Å². The number of carboxylic acid groups (broad SMARTS) is 1. The summed E-state index contributed by atoms with van der Waals surface area (Å²) in [6.45, 7) is 0. The summed E-state index contributed by atoms with van der Waals surface area (Å²) in [4.78, 5) is 21.1. The Balaban J connectivity index is 2.41. The van der Waals surface area contributed by atoms with Crippen molar-refractivity contribution in [1.82, 2.24) is 0 Å². The molecule has 0 saturated carbocycles. The Morgan fingerprint density at radius 1 is 1.29 bits per heavy atom. The molecule has 0 amide bonds. The minimum atomic E-state index is -1.28. The van der Waals surface area contributed by atoms with Crippen LogP contribution in [0.2, 0.25) is 5.02 Å². The Morgan fingerprint density at radius 3 is 2.57 bits per heavy atom. The van der Waals surface area contributed by atoms with Gasteiger partial charge in [0, 0.05) is 11.8 Å². The van der Waals surface area contributed by atoms with E-state index in [1.54, 1.807) is 0 Å². The summed E-state index contributed by atoms with van der Waals surface area (Å²) in [6.07, 6.45) is 0. The fraction of sp³-hybridized carbons (Fsp3) is 0. The van der Waals surface area contributed by atoms with E-state index in [4.69, 9.17) is 16.7 Å². The van der Waals surface area contributed by atoms with Crippen molar-refractivity contribution in [3.8, 4) is 0 Å². The van der Waals surface area contributed by atoms with Gasteiger partial charge in [0.1, 0.15) is 11.5 Å². The minimum absolute atomic E-state index is 0.0479. The molecule has 0 aliphatic rings. The van der Waals surface area contributed by atoms with Gasteiger partial charge in [0.25, 0.3) is 5.69 Å². The van der Waals surface area contributed by atoms with E-state index < -0.39 is 22.4 Å². The third-order valence-electron chi connectivity index (χ3n) is 2.64. The zero-order valence-electron chi connectivity index (χ0n) is 10.3. The molecule has 6 nitrogen and oxygen atoms in total. The average molecular weight is 311 g/mol. The summed E-state index contributed by atoms with van der Waals surface area (Å²) in [6, 6.07) is 7.21. The van der Waals surface area contributed by atoms with Crippen LogP contribution in [0.5, 0.6) is 0 Å². The number of nitrogens with one attached hydrogen (secondary N) is 1. The Morgan fingerprint density at radius 2 is 2.00 bits per heavy atom. The largest absolute Gasteiger partial charge is 0.478 e. The summed E-state index contributed by atoms with van der Waals surface area (Å²) >= 11 is 5.54. The van der Waals surface area contributed by atoms with Gasteiger partial charge >= 0.3 is 5.97 Å². The number of halogens is 2. The first kappa shape index (κ1) is 14.7. The van der Waals surface area contributed by atoms with Gasteiger partial charge in [-0.3, -0.25) is 10.1 Å². The summed E-state index contributed by atoms with van der Waals surface area (Å²) < 4.78 is 13.3. The molecule has 2 aromatic carbocycles. The predicted octanol–water partition coefficient (Wildman–Crippen LogP) is 3.83. The summed E-state index contributed by atoms with van der Waals surface area (Å²) in [5.41, 5.74) is -0.338. The van der Waals surface area contributed by atoms with E-state index in [1.807, 2.05) is 0 Å². The first-order valence-electron chi connectivity index (χ1n) is 5.62. The Hall–Kier alpha value is -2.67. The van der Waals surface area contributed by atoms with Gasteiger partial charge in [-0.05, 0) is 30.3 Å². The predicted molar refractivity (Wildman–Crippen MR) is 74.7 cm³/mol. The van der Waals surface area contributed by atoms with Crippen LogP contribution in [0, 0.1) is 15.9 Å². The molecule has 0 spiro atoms. The maximum atomic E-state index is 13.3. The van der Waals surface area contributed by atoms with Crippen LogP contribution in [0.15, 0.2) is 36.4 Å². The molecule has 0 radical (unpaired) electrons. The molecule has 0 saturated heterocycles. The molecule has 0 atom stereocenters. The molecule has 0 aliphatic carbocycles. The topological polar surface area (TPSA) is 92.5 Å². The monoisotopic (exact) mass is 310 g/mol. The van der Waals surface area contributed by atoms with E-state index in [0.717, 1.165) is 12.1 Å². The summed E-state index contributed by atoms with van der Waals surface area (Å²) in [5, 5.41) is 22.4. The second kappa shape index (κ2) is 5.76. The Kier molecular flexibility index (Phi) is 4.04. The standard InChI is InChI=1S/C13H8ClFN2O4/c14-9-3-2-8(6-10(9)15)16-11-4-1-7(13(18)19)5-12(11)17(20)21/h1-6,16H,(H,18,19). The first-order valence-corrected chi connectivity index (χ1v) is 6.00. The molecule has 0 fully saturated rings. The third-order valence-corrected chi connectivity index (χ3v) is 2.95. The molecular formula is C13H8ClFN2O4. The molecule has 2 rings (SSSR count). The average Bonchev–Trinajstić information content (AvgIpc) is 2.43. The molecule has 0 bridgehead atoms. The van der Waals surface area contributed by atoms with Crippen molar-refractivity contribution in [2.45, 2.75) is 0 Å². The van der Waals surface area contributed by atoms with Crippen molar-refractivity contribution in [2.24, 2.45) is 0 Å². The summed E-state index contributed by atoms with van der Waals surface area (Å²) in [5.74, 6) is -1.95. The van der Waals surface area contributed by atoms with Crippen molar-refractivity contribution in [3.63, 3.8) is 0 Å². The van der Waals surface area contributed by atoms with Gasteiger partial charge in [-0.15, -0.1) is 0 Å². The lowest BCUT2D eigenvalue weighted by atomic mass is 10.1. The number of carboxylic acids is 1. The van der Waals surface area contributed by atoms with Crippen molar-refractivity contribution < 1.29 is 19.2 Å². The third kappa shape index (κ3) is 3.26. The molecule has 108 valence electrons. The number of nitrogens with zero attached hydrogens (tertiary/aromatic N) is 1. The maximum absolute atomic E-state index is 13.3. The molecule has 0 aliphatic heterocycles. The maximum Gasteiger partial charge on any atom is 0.335 e. The quantitative estimate of drug-likeness (QED) is 0.661. The highest BCUT2D eigenvalue weighted by molar-refractivity contribution is 6.30. The van der Waals surface area contributed by atoms with Crippen molar-refractivity contribution >= 4 is 34.6 Å². The lowest BCUT2D eigenvalue weighted by molar-refractivity contribution is -0.383. The number of carbonyl (C=O) groups is 1. The van der Waals surface area contributed by atoms with E-state index in [9.17, 15) is 19.3 Å².